The first-order valence-electron chi connectivity index (χ1n) is 9.57. The van der Waals surface area contributed by atoms with Gasteiger partial charge in [-0.1, -0.05) is 19.1 Å². The van der Waals surface area contributed by atoms with Crippen LogP contribution in [0.5, 0.6) is 5.75 Å². The number of rotatable bonds is 6. The minimum Gasteiger partial charge on any atom is -0.489 e. The van der Waals surface area contributed by atoms with Crippen LogP contribution < -0.4 is 10.1 Å². The summed E-state index contributed by atoms with van der Waals surface area (Å²) < 4.78 is 5.84. The zero-order valence-corrected chi connectivity index (χ0v) is 16.3. The highest BCUT2D eigenvalue weighted by Gasteiger charge is 2.21. The lowest BCUT2D eigenvalue weighted by Crippen LogP contribution is -2.48. The number of carbonyl (C=O) groups is 1. The van der Waals surface area contributed by atoms with E-state index in [-0.39, 0.29) is 12.0 Å². The fourth-order valence-electron chi connectivity index (χ4n) is 3.15. The number of piperazine rings is 1. The second-order valence-corrected chi connectivity index (χ2v) is 6.94. The summed E-state index contributed by atoms with van der Waals surface area (Å²) in [6, 6.07) is 11.3. The lowest BCUT2D eigenvalue weighted by Gasteiger charge is -2.34. The van der Waals surface area contributed by atoms with Crippen molar-refractivity contribution in [1.29, 1.82) is 0 Å². The third-order valence-corrected chi connectivity index (χ3v) is 4.63. The number of anilines is 2. The third kappa shape index (κ3) is 4.98. The molecule has 144 valence electrons. The van der Waals surface area contributed by atoms with Crippen molar-refractivity contribution in [2.75, 3.05) is 38.0 Å². The van der Waals surface area contributed by atoms with E-state index in [2.05, 4.69) is 22.1 Å². The molecule has 1 N–H and O–H groups in total. The Morgan fingerprint density at radius 3 is 2.63 bits per heavy atom. The summed E-state index contributed by atoms with van der Waals surface area (Å²) in [6.45, 7) is 10.6. The van der Waals surface area contributed by atoms with Gasteiger partial charge in [-0.05, 0) is 44.7 Å². The Hall–Kier alpha value is -2.60. The highest BCUT2D eigenvalue weighted by atomic mass is 16.5. The number of carbonyl (C=O) groups excluding carboxylic acids is 1. The number of nitrogens with one attached hydrogen (secondary N) is 1. The summed E-state index contributed by atoms with van der Waals surface area (Å²) in [5.41, 5.74) is 1.49. The molecule has 0 bridgehead atoms. The molecule has 0 spiro atoms. The van der Waals surface area contributed by atoms with Gasteiger partial charge in [0.2, 0.25) is 0 Å². The minimum absolute atomic E-state index is 0.0583. The topological polar surface area (TPSA) is 57.7 Å². The molecule has 3 rings (SSSR count). The molecule has 1 aromatic heterocycles. The Kier molecular flexibility index (Phi) is 6.29. The smallest absolute Gasteiger partial charge is 0.254 e. The molecule has 2 heterocycles. The van der Waals surface area contributed by atoms with Crippen molar-refractivity contribution in [2.45, 2.75) is 26.9 Å². The molecule has 0 saturated carbocycles. The molecular weight excluding hydrogens is 340 g/mol. The Morgan fingerprint density at radius 1 is 1.19 bits per heavy atom. The Morgan fingerprint density at radius 2 is 1.93 bits per heavy atom. The minimum atomic E-state index is 0.0583. The lowest BCUT2D eigenvalue weighted by atomic mass is 10.2. The summed E-state index contributed by atoms with van der Waals surface area (Å²) in [5.74, 6) is 1.46. The van der Waals surface area contributed by atoms with Crippen LogP contribution >= 0.6 is 0 Å². The average Bonchev–Trinajstić information content (AvgIpc) is 2.69. The van der Waals surface area contributed by atoms with Crippen molar-refractivity contribution in [3.8, 4) is 5.75 Å². The molecule has 1 fully saturated rings. The number of amides is 1. The maximum absolute atomic E-state index is 12.8. The summed E-state index contributed by atoms with van der Waals surface area (Å²) in [4.78, 5) is 21.5. The first-order valence-corrected chi connectivity index (χ1v) is 9.57. The van der Waals surface area contributed by atoms with Crippen molar-refractivity contribution in [2.24, 2.45) is 0 Å². The van der Waals surface area contributed by atoms with Gasteiger partial charge in [0.25, 0.3) is 5.91 Å². The van der Waals surface area contributed by atoms with Gasteiger partial charge in [0.05, 0.1) is 11.8 Å². The standard InChI is InChI=1S/C21H28N4O2/c1-4-24-11-13-25(14-12-24)21(26)17-9-10-22-20(15-17)23-18-7-5-6-8-19(18)27-16(2)3/h5-10,15-16H,4,11-14H2,1-3H3,(H,22,23). The van der Waals surface area contributed by atoms with E-state index in [4.69, 9.17) is 4.74 Å². The molecule has 1 saturated heterocycles. The number of hydrogen-bond acceptors (Lipinski definition) is 5. The van der Waals surface area contributed by atoms with Crippen LogP contribution in [0.15, 0.2) is 42.6 Å². The molecule has 0 unspecified atom stereocenters. The van der Waals surface area contributed by atoms with Gasteiger partial charge in [0.15, 0.2) is 0 Å². The van der Waals surface area contributed by atoms with Crippen molar-refractivity contribution < 1.29 is 9.53 Å². The van der Waals surface area contributed by atoms with Gasteiger partial charge in [-0.15, -0.1) is 0 Å². The van der Waals surface area contributed by atoms with Crippen LogP contribution in [-0.4, -0.2) is 59.5 Å². The van der Waals surface area contributed by atoms with E-state index in [1.807, 2.05) is 43.0 Å². The fourth-order valence-corrected chi connectivity index (χ4v) is 3.15. The van der Waals surface area contributed by atoms with Gasteiger partial charge in [-0.2, -0.15) is 0 Å². The van der Waals surface area contributed by atoms with E-state index in [1.54, 1.807) is 18.3 Å². The molecule has 2 aromatic rings. The number of nitrogens with zero attached hydrogens (tertiary/aromatic N) is 3. The molecule has 27 heavy (non-hydrogen) atoms. The van der Waals surface area contributed by atoms with E-state index in [1.165, 1.54) is 0 Å². The molecule has 0 aliphatic carbocycles. The third-order valence-electron chi connectivity index (χ3n) is 4.63. The zero-order chi connectivity index (χ0) is 19.2. The predicted octanol–water partition coefficient (Wildman–Crippen LogP) is 3.39. The van der Waals surface area contributed by atoms with Crippen molar-refractivity contribution in [3.63, 3.8) is 0 Å². The van der Waals surface area contributed by atoms with Gasteiger partial charge < -0.3 is 19.9 Å². The molecule has 1 aliphatic heterocycles. The van der Waals surface area contributed by atoms with Crippen LogP contribution in [0, 0.1) is 0 Å². The highest BCUT2D eigenvalue weighted by molar-refractivity contribution is 5.95. The van der Waals surface area contributed by atoms with Crippen LogP contribution in [0.25, 0.3) is 0 Å². The normalized spacial score (nSPS) is 15.0. The second kappa shape index (κ2) is 8.86. The zero-order valence-electron chi connectivity index (χ0n) is 16.3. The van der Waals surface area contributed by atoms with Crippen LogP contribution in [0.1, 0.15) is 31.1 Å². The van der Waals surface area contributed by atoms with E-state index in [0.29, 0.717) is 11.4 Å². The first-order chi connectivity index (χ1) is 13.1. The van der Waals surface area contributed by atoms with Crippen molar-refractivity contribution in [3.05, 3.63) is 48.2 Å². The Labute approximate surface area is 161 Å². The van der Waals surface area contributed by atoms with Crippen LogP contribution in [0.4, 0.5) is 11.5 Å². The molecule has 6 nitrogen and oxygen atoms in total. The molecule has 1 amide bonds. The summed E-state index contributed by atoms with van der Waals surface area (Å²) >= 11 is 0. The van der Waals surface area contributed by atoms with Gasteiger partial charge >= 0.3 is 0 Å². The van der Waals surface area contributed by atoms with E-state index in [9.17, 15) is 4.79 Å². The number of hydrogen-bond donors (Lipinski definition) is 1. The van der Waals surface area contributed by atoms with E-state index < -0.39 is 0 Å². The second-order valence-electron chi connectivity index (χ2n) is 6.94. The van der Waals surface area contributed by atoms with Crippen LogP contribution in [0.3, 0.4) is 0 Å². The predicted molar refractivity (Wildman–Crippen MR) is 108 cm³/mol. The fraction of sp³-hybridized carbons (Fsp3) is 0.429. The number of ether oxygens (including phenoxy) is 1. The lowest BCUT2D eigenvalue weighted by molar-refractivity contribution is 0.0643. The summed E-state index contributed by atoms with van der Waals surface area (Å²) in [7, 11) is 0. The maximum atomic E-state index is 12.8. The number of pyridine rings is 1. The Balaban J connectivity index is 1.72. The van der Waals surface area contributed by atoms with E-state index >= 15 is 0 Å². The molecule has 6 heteroatoms. The Bertz CT molecular complexity index is 770. The van der Waals surface area contributed by atoms with Crippen LogP contribution in [-0.2, 0) is 0 Å². The number of likely N-dealkylation sites (N-methyl/N-ethyl adjacent to an activating group) is 1. The highest BCUT2D eigenvalue weighted by Crippen LogP contribution is 2.28. The number of benzene rings is 1. The van der Waals surface area contributed by atoms with Gasteiger partial charge in [0.1, 0.15) is 11.6 Å². The monoisotopic (exact) mass is 368 g/mol. The molecule has 0 atom stereocenters. The summed E-state index contributed by atoms with van der Waals surface area (Å²) in [5, 5.41) is 3.28. The summed E-state index contributed by atoms with van der Waals surface area (Å²) in [6.07, 6.45) is 1.75. The number of aromatic nitrogens is 1. The van der Waals surface area contributed by atoms with Gasteiger partial charge in [-0.3, -0.25) is 4.79 Å². The van der Waals surface area contributed by atoms with E-state index in [0.717, 1.165) is 44.2 Å². The molecule has 0 radical (unpaired) electrons. The largest absolute Gasteiger partial charge is 0.489 e. The SMILES string of the molecule is CCN1CCN(C(=O)c2ccnc(Nc3ccccc3OC(C)C)c2)CC1. The number of para-hydroxylation sites is 2. The molecule has 1 aliphatic rings. The molecule has 1 aromatic carbocycles. The van der Waals surface area contributed by atoms with Crippen molar-refractivity contribution >= 4 is 17.4 Å². The molecular formula is C21H28N4O2. The first kappa shape index (κ1) is 19.2. The van der Waals surface area contributed by atoms with Crippen LogP contribution in [0.2, 0.25) is 0 Å². The maximum Gasteiger partial charge on any atom is 0.254 e. The van der Waals surface area contributed by atoms with Gasteiger partial charge in [-0.25, -0.2) is 4.98 Å². The van der Waals surface area contributed by atoms with Gasteiger partial charge in [0, 0.05) is 37.9 Å². The van der Waals surface area contributed by atoms with Crippen molar-refractivity contribution in [1.82, 2.24) is 14.8 Å². The quantitative estimate of drug-likeness (QED) is 0.847. The average molecular weight is 368 g/mol.